The summed E-state index contributed by atoms with van der Waals surface area (Å²) >= 11 is 0. The van der Waals surface area contributed by atoms with Gasteiger partial charge in [-0.3, -0.25) is 4.79 Å². The number of hydrogen-bond acceptors (Lipinski definition) is 4. The van der Waals surface area contributed by atoms with Crippen LogP contribution in [0.5, 0.6) is 5.75 Å². The molecule has 23 heavy (non-hydrogen) atoms. The van der Waals surface area contributed by atoms with Crippen LogP contribution in [0.1, 0.15) is 24.8 Å². The molecule has 0 saturated carbocycles. The van der Waals surface area contributed by atoms with Gasteiger partial charge in [0.2, 0.25) is 10.0 Å². The second kappa shape index (κ2) is 5.98. The van der Waals surface area contributed by atoms with Crippen molar-refractivity contribution in [3.63, 3.8) is 0 Å². The number of fused-ring (bicyclic) bond motifs is 2. The lowest BCUT2D eigenvalue weighted by Gasteiger charge is -2.30. The van der Waals surface area contributed by atoms with Crippen LogP contribution in [0.3, 0.4) is 0 Å². The first-order chi connectivity index (χ1) is 10.9. The number of hydrogen-bond donors (Lipinski definition) is 1. The summed E-state index contributed by atoms with van der Waals surface area (Å²) in [5, 5.41) is 8.93. The standard InChI is InChI=1S/C16H19NO5S/c1-22-14-8-5-11(10-16(18)19)9-15(14)23(20,21)17-12-3-2-4-13(17)7-6-12/h2-3,5,8-9,12-13H,4,6-7,10H2,1H3,(H,18,19). The van der Waals surface area contributed by atoms with Crippen LogP contribution in [0.2, 0.25) is 0 Å². The largest absolute Gasteiger partial charge is 0.495 e. The van der Waals surface area contributed by atoms with E-state index in [1.807, 2.05) is 12.2 Å². The fourth-order valence-corrected chi connectivity index (χ4v) is 5.43. The summed E-state index contributed by atoms with van der Waals surface area (Å²) < 4.78 is 33.0. The summed E-state index contributed by atoms with van der Waals surface area (Å²) in [6.07, 6.45) is 6.12. The molecule has 0 amide bonds. The highest BCUT2D eigenvalue weighted by Crippen LogP contribution is 2.39. The maximum Gasteiger partial charge on any atom is 0.307 e. The van der Waals surface area contributed by atoms with E-state index in [4.69, 9.17) is 9.84 Å². The molecule has 2 heterocycles. The molecule has 1 fully saturated rings. The van der Waals surface area contributed by atoms with Gasteiger partial charge in [0.1, 0.15) is 10.6 Å². The number of aliphatic carboxylic acids is 1. The fraction of sp³-hybridized carbons (Fsp3) is 0.438. The summed E-state index contributed by atoms with van der Waals surface area (Å²) in [5.74, 6) is -0.757. The van der Waals surface area contributed by atoms with Crippen LogP contribution in [0.25, 0.3) is 0 Å². The van der Waals surface area contributed by atoms with Gasteiger partial charge in [0, 0.05) is 12.1 Å². The molecule has 1 aromatic rings. The summed E-state index contributed by atoms with van der Waals surface area (Å²) in [4.78, 5) is 10.9. The Labute approximate surface area is 135 Å². The van der Waals surface area contributed by atoms with Gasteiger partial charge < -0.3 is 9.84 Å². The Morgan fingerprint density at radius 1 is 1.39 bits per heavy atom. The monoisotopic (exact) mass is 337 g/mol. The van der Waals surface area contributed by atoms with E-state index in [2.05, 4.69) is 0 Å². The molecule has 0 aromatic heterocycles. The van der Waals surface area contributed by atoms with Crippen molar-refractivity contribution in [2.75, 3.05) is 7.11 Å². The maximum atomic E-state index is 13.1. The maximum absolute atomic E-state index is 13.1. The summed E-state index contributed by atoms with van der Waals surface area (Å²) in [6, 6.07) is 4.37. The number of sulfonamides is 1. The minimum Gasteiger partial charge on any atom is -0.495 e. The molecule has 1 aromatic carbocycles. The highest BCUT2D eigenvalue weighted by molar-refractivity contribution is 7.89. The average Bonchev–Trinajstić information content (AvgIpc) is 2.78. The third-order valence-electron chi connectivity index (χ3n) is 4.39. The number of nitrogens with zero attached hydrogens (tertiary/aromatic N) is 1. The third-order valence-corrected chi connectivity index (χ3v) is 6.39. The third kappa shape index (κ3) is 2.86. The Balaban J connectivity index is 2.05. The van der Waals surface area contributed by atoms with Crippen LogP contribution in [-0.4, -0.2) is 43.0 Å². The SMILES string of the molecule is COc1ccc(CC(=O)O)cc1S(=O)(=O)N1C2C=CCC1CC2. The first-order valence-electron chi connectivity index (χ1n) is 7.52. The first-order valence-corrected chi connectivity index (χ1v) is 8.96. The van der Waals surface area contributed by atoms with E-state index >= 15 is 0 Å². The van der Waals surface area contributed by atoms with E-state index < -0.39 is 16.0 Å². The van der Waals surface area contributed by atoms with E-state index in [1.54, 1.807) is 10.4 Å². The summed E-state index contributed by atoms with van der Waals surface area (Å²) in [5.41, 5.74) is 0.441. The Hall–Kier alpha value is -1.86. The lowest BCUT2D eigenvalue weighted by atomic mass is 10.1. The van der Waals surface area contributed by atoms with Gasteiger partial charge in [0.05, 0.1) is 13.5 Å². The van der Waals surface area contributed by atoms with E-state index in [0.717, 1.165) is 12.8 Å². The molecule has 6 nitrogen and oxygen atoms in total. The molecule has 2 atom stereocenters. The van der Waals surface area contributed by atoms with Crippen LogP contribution in [0.15, 0.2) is 35.2 Å². The first kappa shape index (κ1) is 16.0. The molecule has 2 unspecified atom stereocenters. The van der Waals surface area contributed by atoms with Crippen molar-refractivity contribution in [2.45, 2.75) is 42.7 Å². The molecule has 0 radical (unpaired) electrons. The van der Waals surface area contributed by atoms with Crippen LogP contribution >= 0.6 is 0 Å². The molecule has 0 aliphatic carbocycles. The van der Waals surface area contributed by atoms with Gasteiger partial charge in [-0.1, -0.05) is 18.2 Å². The number of rotatable bonds is 5. The molecule has 3 rings (SSSR count). The predicted molar refractivity (Wildman–Crippen MR) is 83.9 cm³/mol. The molecule has 2 aliphatic heterocycles. The van der Waals surface area contributed by atoms with Crippen molar-refractivity contribution in [1.29, 1.82) is 0 Å². The lowest BCUT2D eigenvalue weighted by molar-refractivity contribution is -0.136. The predicted octanol–water partition coefficient (Wildman–Crippen LogP) is 1.80. The van der Waals surface area contributed by atoms with Crippen molar-refractivity contribution >= 4 is 16.0 Å². The molecule has 2 bridgehead atoms. The number of carboxylic acids is 1. The summed E-state index contributed by atoms with van der Waals surface area (Å²) in [7, 11) is -2.32. The van der Waals surface area contributed by atoms with Crippen molar-refractivity contribution in [2.24, 2.45) is 0 Å². The zero-order chi connectivity index (χ0) is 16.6. The molecular formula is C16H19NO5S. The second-order valence-corrected chi connectivity index (χ2v) is 7.66. The Bertz CT molecular complexity index is 756. The molecular weight excluding hydrogens is 318 g/mol. The molecule has 1 saturated heterocycles. The van der Waals surface area contributed by atoms with E-state index in [1.165, 1.54) is 19.2 Å². The minimum absolute atomic E-state index is 0.0252. The fourth-order valence-electron chi connectivity index (χ4n) is 3.38. The van der Waals surface area contributed by atoms with Gasteiger partial charge in [-0.2, -0.15) is 4.31 Å². The number of carbonyl (C=O) groups is 1. The highest BCUT2D eigenvalue weighted by Gasteiger charge is 2.43. The van der Waals surface area contributed by atoms with Gasteiger partial charge in [-0.25, -0.2) is 8.42 Å². The minimum atomic E-state index is -3.73. The second-order valence-electron chi connectivity index (χ2n) is 5.85. The Morgan fingerprint density at radius 2 is 2.17 bits per heavy atom. The van der Waals surface area contributed by atoms with Crippen LogP contribution in [0, 0.1) is 0 Å². The van der Waals surface area contributed by atoms with Crippen LogP contribution in [-0.2, 0) is 21.2 Å². The van der Waals surface area contributed by atoms with E-state index in [9.17, 15) is 13.2 Å². The number of methoxy groups -OCH3 is 1. The lowest BCUT2D eigenvalue weighted by Crippen LogP contribution is -2.42. The van der Waals surface area contributed by atoms with Gasteiger partial charge in [-0.15, -0.1) is 0 Å². The topological polar surface area (TPSA) is 83.9 Å². The van der Waals surface area contributed by atoms with Crippen molar-refractivity contribution in [3.05, 3.63) is 35.9 Å². The zero-order valence-electron chi connectivity index (χ0n) is 12.8. The van der Waals surface area contributed by atoms with E-state index in [0.29, 0.717) is 12.0 Å². The molecule has 1 N–H and O–H groups in total. The smallest absolute Gasteiger partial charge is 0.307 e. The van der Waals surface area contributed by atoms with Gasteiger partial charge in [0.15, 0.2) is 0 Å². The van der Waals surface area contributed by atoms with Crippen LogP contribution < -0.4 is 4.74 Å². The normalized spacial score (nSPS) is 23.9. The van der Waals surface area contributed by atoms with Gasteiger partial charge >= 0.3 is 5.97 Å². The quantitative estimate of drug-likeness (QED) is 0.828. The summed E-state index contributed by atoms with van der Waals surface area (Å²) in [6.45, 7) is 0. The van der Waals surface area contributed by atoms with Crippen molar-refractivity contribution in [1.82, 2.24) is 4.31 Å². The molecule has 2 aliphatic rings. The molecule has 0 spiro atoms. The van der Waals surface area contributed by atoms with Crippen molar-refractivity contribution in [3.8, 4) is 5.75 Å². The van der Waals surface area contributed by atoms with E-state index in [-0.39, 0.29) is 29.1 Å². The van der Waals surface area contributed by atoms with Crippen molar-refractivity contribution < 1.29 is 23.1 Å². The molecule has 124 valence electrons. The zero-order valence-corrected chi connectivity index (χ0v) is 13.6. The van der Waals surface area contributed by atoms with Gasteiger partial charge in [0.25, 0.3) is 0 Å². The van der Waals surface area contributed by atoms with Crippen LogP contribution in [0.4, 0.5) is 0 Å². The Kier molecular flexibility index (Phi) is 4.16. The Morgan fingerprint density at radius 3 is 2.83 bits per heavy atom. The number of carboxylic acid groups (broad SMARTS) is 1. The van der Waals surface area contributed by atoms with Gasteiger partial charge in [-0.05, 0) is 37.0 Å². The highest BCUT2D eigenvalue weighted by atomic mass is 32.2. The number of benzene rings is 1. The number of ether oxygens (including phenoxy) is 1. The average molecular weight is 337 g/mol. The molecule has 7 heteroatoms.